The Hall–Kier alpha value is -1.82. The summed E-state index contributed by atoms with van der Waals surface area (Å²) in [5.74, 6) is -0.793. The Morgan fingerprint density at radius 3 is 2.94 bits per heavy atom. The minimum absolute atomic E-state index is 0.0674. The fourth-order valence-corrected chi connectivity index (χ4v) is 1.42. The number of hydrogen-bond acceptors (Lipinski definition) is 5. The van der Waals surface area contributed by atoms with Crippen molar-refractivity contribution in [1.82, 2.24) is 10.3 Å². The summed E-state index contributed by atoms with van der Waals surface area (Å²) in [7, 11) is 0. The van der Waals surface area contributed by atoms with Gasteiger partial charge in [-0.2, -0.15) is 0 Å². The molecule has 1 amide bonds. The van der Waals surface area contributed by atoms with Crippen molar-refractivity contribution in [3.05, 3.63) is 23.0 Å². The van der Waals surface area contributed by atoms with E-state index >= 15 is 0 Å². The molecule has 3 N–H and O–H groups in total. The van der Waals surface area contributed by atoms with E-state index in [1.54, 1.807) is 6.92 Å². The molecule has 1 aromatic rings. The number of ether oxygens (including phenoxy) is 1. The molecular formula is C11H14ClN3O3. The summed E-state index contributed by atoms with van der Waals surface area (Å²) in [6, 6.07) is 1.43. The van der Waals surface area contributed by atoms with Crippen LogP contribution < -0.4 is 11.1 Å². The molecule has 18 heavy (non-hydrogen) atoms. The second-order valence-corrected chi connectivity index (χ2v) is 3.78. The van der Waals surface area contributed by atoms with E-state index < -0.39 is 5.91 Å². The molecule has 0 aromatic carbocycles. The van der Waals surface area contributed by atoms with Crippen LogP contribution in [-0.2, 0) is 9.53 Å². The molecule has 0 atom stereocenters. The average molecular weight is 272 g/mol. The molecule has 0 bridgehead atoms. The topological polar surface area (TPSA) is 94.3 Å². The minimum Gasteiger partial charge on any atom is -0.466 e. The molecule has 1 rings (SSSR count). The monoisotopic (exact) mass is 271 g/mol. The lowest BCUT2D eigenvalue weighted by molar-refractivity contribution is -0.142. The van der Waals surface area contributed by atoms with Crippen molar-refractivity contribution < 1.29 is 14.3 Å². The molecule has 1 heterocycles. The molecule has 0 spiro atoms. The van der Waals surface area contributed by atoms with Crippen LogP contribution in [0.3, 0.4) is 0 Å². The van der Waals surface area contributed by atoms with Crippen LogP contribution in [0.1, 0.15) is 23.7 Å². The number of nitrogens with one attached hydrogen (secondary N) is 1. The summed E-state index contributed by atoms with van der Waals surface area (Å²) in [5.41, 5.74) is 6.03. The normalized spacial score (nSPS) is 9.89. The maximum Gasteiger partial charge on any atom is 0.307 e. The van der Waals surface area contributed by atoms with Gasteiger partial charge in [-0.3, -0.25) is 9.59 Å². The summed E-state index contributed by atoms with van der Waals surface area (Å²) in [4.78, 5) is 26.5. The molecule has 0 aliphatic heterocycles. The van der Waals surface area contributed by atoms with Gasteiger partial charge in [0.25, 0.3) is 5.91 Å². The van der Waals surface area contributed by atoms with Gasteiger partial charge in [-0.25, -0.2) is 4.98 Å². The van der Waals surface area contributed by atoms with E-state index in [-0.39, 0.29) is 29.7 Å². The molecule has 0 fully saturated rings. The number of nitrogens with zero attached hydrogens (tertiary/aromatic N) is 1. The highest BCUT2D eigenvalue weighted by atomic mass is 35.5. The Morgan fingerprint density at radius 2 is 2.28 bits per heavy atom. The van der Waals surface area contributed by atoms with Crippen LogP contribution in [0, 0.1) is 0 Å². The third kappa shape index (κ3) is 4.21. The van der Waals surface area contributed by atoms with Crippen LogP contribution >= 0.6 is 11.6 Å². The van der Waals surface area contributed by atoms with Gasteiger partial charge in [0, 0.05) is 6.54 Å². The molecular weight excluding hydrogens is 258 g/mol. The number of pyridine rings is 1. The number of halogens is 1. The first-order chi connectivity index (χ1) is 8.54. The number of nitrogen functional groups attached to an aromatic ring is 1. The number of anilines is 1. The summed E-state index contributed by atoms with van der Waals surface area (Å²) in [5, 5.41) is 2.60. The van der Waals surface area contributed by atoms with E-state index in [0.29, 0.717) is 12.3 Å². The van der Waals surface area contributed by atoms with Crippen molar-refractivity contribution in [3.8, 4) is 0 Å². The van der Waals surface area contributed by atoms with Crippen LogP contribution in [0.5, 0.6) is 0 Å². The SMILES string of the molecule is CCOC(=O)CCNC(=O)c1cc(N)cnc1Cl. The molecule has 0 saturated heterocycles. The van der Waals surface area contributed by atoms with Gasteiger partial charge in [0.15, 0.2) is 0 Å². The predicted octanol–water partition coefficient (Wildman–Crippen LogP) is 1.00. The zero-order valence-corrected chi connectivity index (χ0v) is 10.7. The maximum absolute atomic E-state index is 11.7. The lowest BCUT2D eigenvalue weighted by Crippen LogP contribution is -2.27. The first-order valence-corrected chi connectivity index (χ1v) is 5.77. The van der Waals surface area contributed by atoms with Gasteiger partial charge in [-0.05, 0) is 13.0 Å². The van der Waals surface area contributed by atoms with Crippen molar-refractivity contribution in [1.29, 1.82) is 0 Å². The lowest BCUT2D eigenvalue weighted by atomic mass is 10.2. The molecule has 6 nitrogen and oxygen atoms in total. The highest BCUT2D eigenvalue weighted by molar-refractivity contribution is 6.32. The van der Waals surface area contributed by atoms with E-state index in [1.165, 1.54) is 12.3 Å². The van der Waals surface area contributed by atoms with E-state index in [0.717, 1.165) is 0 Å². The molecule has 7 heteroatoms. The van der Waals surface area contributed by atoms with E-state index in [9.17, 15) is 9.59 Å². The van der Waals surface area contributed by atoms with Crippen molar-refractivity contribution in [2.24, 2.45) is 0 Å². The predicted molar refractivity (Wildman–Crippen MR) is 67.2 cm³/mol. The van der Waals surface area contributed by atoms with Crippen molar-refractivity contribution >= 4 is 29.2 Å². The lowest BCUT2D eigenvalue weighted by Gasteiger charge is -2.06. The smallest absolute Gasteiger partial charge is 0.307 e. The highest BCUT2D eigenvalue weighted by Gasteiger charge is 2.12. The Morgan fingerprint density at radius 1 is 1.56 bits per heavy atom. The third-order valence-corrected chi connectivity index (χ3v) is 2.33. The van der Waals surface area contributed by atoms with Gasteiger partial charge in [-0.1, -0.05) is 11.6 Å². The molecule has 0 saturated carbocycles. The Kier molecular flexibility index (Phi) is 5.38. The van der Waals surface area contributed by atoms with Gasteiger partial charge < -0.3 is 15.8 Å². The Bertz CT molecular complexity index is 451. The van der Waals surface area contributed by atoms with Crippen molar-refractivity contribution in [2.75, 3.05) is 18.9 Å². The second kappa shape index (κ2) is 6.80. The van der Waals surface area contributed by atoms with Crippen molar-refractivity contribution in [2.45, 2.75) is 13.3 Å². The largest absolute Gasteiger partial charge is 0.466 e. The van der Waals surface area contributed by atoms with Gasteiger partial charge in [-0.15, -0.1) is 0 Å². The van der Waals surface area contributed by atoms with Gasteiger partial charge in [0.05, 0.1) is 30.5 Å². The standard InChI is InChI=1S/C11H14ClN3O3/c1-2-18-9(16)3-4-14-11(17)8-5-7(13)6-15-10(8)12/h5-6H,2-4,13H2,1H3,(H,14,17). The first-order valence-electron chi connectivity index (χ1n) is 5.39. The molecule has 1 aromatic heterocycles. The number of rotatable bonds is 5. The van der Waals surface area contributed by atoms with Gasteiger partial charge in [0.2, 0.25) is 0 Å². The molecule has 0 aliphatic rings. The summed E-state index contributed by atoms with van der Waals surface area (Å²) >= 11 is 5.76. The zero-order valence-electron chi connectivity index (χ0n) is 9.90. The fraction of sp³-hybridized carbons (Fsp3) is 0.364. The average Bonchev–Trinajstić information content (AvgIpc) is 2.32. The van der Waals surface area contributed by atoms with Crippen LogP contribution in [0.15, 0.2) is 12.3 Å². The molecule has 98 valence electrons. The van der Waals surface area contributed by atoms with Crippen LogP contribution in [-0.4, -0.2) is 30.0 Å². The Balaban J connectivity index is 2.50. The fourth-order valence-electron chi connectivity index (χ4n) is 1.23. The number of hydrogen-bond donors (Lipinski definition) is 2. The number of esters is 1. The second-order valence-electron chi connectivity index (χ2n) is 3.42. The van der Waals surface area contributed by atoms with Crippen LogP contribution in [0.2, 0.25) is 5.15 Å². The number of carbonyl (C=O) groups is 2. The molecule has 0 unspecified atom stereocenters. The van der Waals surface area contributed by atoms with Gasteiger partial charge >= 0.3 is 5.97 Å². The van der Waals surface area contributed by atoms with Crippen LogP contribution in [0.25, 0.3) is 0 Å². The third-order valence-electron chi connectivity index (χ3n) is 2.02. The number of amides is 1. The number of nitrogens with two attached hydrogens (primary N) is 1. The molecule has 0 aliphatic carbocycles. The molecule has 0 radical (unpaired) electrons. The minimum atomic E-state index is -0.427. The summed E-state index contributed by atoms with van der Waals surface area (Å²) < 4.78 is 4.72. The van der Waals surface area contributed by atoms with E-state index in [2.05, 4.69) is 10.3 Å². The zero-order chi connectivity index (χ0) is 13.5. The van der Waals surface area contributed by atoms with Crippen LogP contribution in [0.4, 0.5) is 5.69 Å². The Labute approximate surface area is 109 Å². The highest BCUT2D eigenvalue weighted by Crippen LogP contribution is 2.15. The number of aromatic nitrogens is 1. The van der Waals surface area contributed by atoms with E-state index in [1.807, 2.05) is 0 Å². The van der Waals surface area contributed by atoms with E-state index in [4.69, 9.17) is 22.1 Å². The summed E-state index contributed by atoms with van der Waals surface area (Å²) in [6.45, 7) is 2.20. The first kappa shape index (κ1) is 14.2. The number of carbonyl (C=O) groups excluding carboxylic acids is 2. The van der Waals surface area contributed by atoms with Crippen molar-refractivity contribution in [3.63, 3.8) is 0 Å². The maximum atomic E-state index is 11.7. The van der Waals surface area contributed by atoms with Gasteiger partial charge in [0.1, 0.15) is 5.15 Å². The quantitative estimate of drug-likeness (QED) is 0.615. The summed E-state index contributed by atoms with van der Waals surface area (Å²) in [6.07, 6.45) is 1.46.